The molecule has 0 N–H and O–H groups in total. The largest absolute Gasteiger partial charge is 0.465 e. The molecule has 0 aliphatic carbocycles. The van der Waals surface area contributed by atoms with Crippen LogP contribution in [0.3, 0.4) is 0 Å². The molecule has 1 rings (SSSR count). The smallest absolute Gasteiger partial charge is 0.322 e. The minimum Gasteiger partial charge on any atom is -0.465 e. The third kappa shape index (κ3) is 2.94. The van der Waals surface area contributed by atoms with Crippen molar-refractivity contribution >= 4 is 11.8 Å². The third-order valence-corrected chi connectivity index (χ3v) is 3.07. The van der Waals surface area contributed by atoms with Gasteiger partial charge in [-0.15, -0.1) is 0 Å². The lowest BCUT2D eigenvalue weighted by atomic mass is 9.76. The Morgan fingerprint density at radius 1 is 1.53 bits per heavy atom. The predicted octanol–water partition coefficient (Wildman–Crippen LogP) is 1.88. The highest BCUT2D eigenvalue weighted by molar-refractivity contribution is 6.04. The van der Waals surface area contributed by atoms with Gasteiger partial charge in [-0.3, -0.25) is 9.59 Å². The summed E-state index contributed by atoms with van der Waals surface area (Å²) in [5.74, 6) is -0.559. The fourth-order valence-electron chi connectivity index (χ4n) is 1.95. The van der Waals surface area contributed by atoms with E-state index in [2.05, 4.69) is 6.58 Å². The zero-order valence-corrected chi connectivity index (χ0v) is 10.6. The molecular weight excluding hydrogens is 220 g/mol. The maximum atomic E-state index is 12.1. The van der Waals surface area contributed by atoms with Crippen molar-refractivity contribution in [1.82, 2.24) is 0 Å². The van der Waals surface area contributed by atoms with E-state index < -0.39 is 11.4 Å². The van der Waals surface area contributed by atoms with Crippen molar-refractivity contribution in [1.29, 1.82) is 0 Å². The number of hydrogen-bond acceptors (Lipinski definition) is 4. The second kappa shape index (κ2) is 5.96. The normalized spacial score (nSPS) is 24.5. The molecule has 0 radical (unpaired) electrons. The molecule has 4 nitrogen and oxygen atoms in total. The second-order valence-electron chi connectivity index (χ2n) is 4.31. The molecule has 1 unspecified atom stereocenters. The number of carbonyl (C=O) groups excluding carboxylic acids is 2. The molecule has 0 aromatic rings. The van der Waals surface area contributed by atoms with Crippen LogP contribution in [-0.4, -0.2) is 31.6 Å². The average molecular weight is 240 g/mol. The van der Waals surface area contributed by atoms with Crippen molar-refractivity contribution in [3.63, 3.8) is 0 Å². The number of allylic oxidation sites excluding steroid dienone is 1. The highest BCUT2D eigenvalue weighted by Gasteiger charge is 2.48. The van der Waals surface area contributed by atoms with E-state index in [9.17, 15) is 9.59 Å². The van der Waals surface area contributed by atoms with E-state index in [0.29, 0.717) is 13.0 Å². The van der Waals surface area contributed by atoms with Crippen LogP contribution in [0.4, 0.5) is 0 Å². The summed E-state index contributed by atoms with van der Waals surface area (Å²) >= 11 is 0. The number of rotatable bonds is 5. The Morgan fingerprint density at radius 3 is 2.76 bits per heavy atom. The Labute approximate surface area is 102 Å². The van der Waals surface area contributed by atoms with Gasteiger partial charge in [-0.25, -0.2) is 0 Å². The van der Waals surface area contributed by atoms with E-state index in [1.54, 1.807) is 6.92 Å². The van der Waals surface area contributed by atoms with Crippen LogP contribution in [0.5, 0.6) is 0 Å². The standard InChI is InChI=1S/C13H20O4/c1-4-10(3)8-13(12(15)17-5-2)9-16-7-6-11(13)14/h3-9H2,1-2H3. The summed E-state index contributed by atoms with van der Waals surface area (Å²) in [6.45, 7) is 8.33. The van der Waals surface area contributed by atoms with E-state index in [0.717, 1.165) is 12.0 Å². The van der Waals surface area contributed by atoms with E-state index in [4.69, 9.17) is 9.47 Å². The number of ether oxygens (including phenoxy) is 2. The van der Waals surface area contributed by atoms with Gasteiger partial charge in [-0.05, 0) is 19.8 Å². The molecule has 17 heavy (non-hydrogen) atoms. The zero-order valence-electron chi connectivity index (χ0n) is 10.6. The van der Waals surface area contributed by atoms with Gasteiger partial charge in [-0.2, -0.15) is 0 Å². The van der Waals surface area contributed by atoms with Crippen molar-refractivity contribution in [2.45, 2.75) is 33.1 Å². The molecule has 96 valence electrons. The molecule has 1 fully saturated rings. The van der Waals surface area contributed by atoms with Gasteiger partial charge in [0.05, 0.1) is 19.8 Å². The van der Waals surface area contributed by atoms with Crippen LogP contribution in [0.1, 0.15) is 33.1 Å². The lowest BCUT2D eigenvalue weighted by Gasteiger charge is -2.33. The van der Waals surface area contributed by atoms with Crippen LogP contribution in [0.25, 0.3) is 0 Å². The quantitative estimate of drug-likeness (QED) is 0.418. The van der Waals surface area contributed by atoms with Gasteiger partial charge in [0, 0.05) is 6.42 Å². The summed E-state index contributed by atoms with van der Waals surface area (Å²) in [6.07, 6.45) is 1.35. The Balaban J connectivity index is 2.93. The molecule has 0 aromatic carbocycles. The number of hydrogen-bond donors (Lipinski definition) is 0. The monoisotopic (exact) mass is 240 g/mol. The van der Waals surface area contributed by atoms with Crippen molar-refractivity contribution in [3.8, 4) is 0 Å². The first-order valence-corrected chi connectivity index (χ1v) is 6.01. The first-order valence-electron chi connectivity index (χ1n) is 6.01. The van der Waals surface area contributed by atoms with Crippen molar-refractivity contribution in [2.24, 2.45) is 5.41 Å². The molecule has 1 aliphatic heterocycles. The molecule has 1 atom stereocenters. The fraction of sp³-hybridized carbons (Fsp3) is 0.692. The Kier molecular flexibility index (Phi) is 4.87. The first-order chi connectivity index (χ1) is 8.06. The van der Waals surface area contributed by atoms with Crippen LogP contribution in [0, 0.1) is 5.41 Å². The Morgan fingerprint density at radius 2 is 2.24 bits per heavy atom. The highest BCUT2D eigenvalue weighted by Crippen LogP contribution is 2.34. The summed E-state index contributed by atoms with van der Waals surface area (Å²) in [7, 11) is 0. The minimum atomic E-state index is -1.15. The van der Waals surface area contributed by atoms with Gasteiger partial charge in [0.2, 0.25) is 0 Å². The first kappa shape index (κ1) is 13.9. The lowest BCUT2D eigenvalue weighted by Crippen LogP contribution is -2.48. The third-order valence-electron chi connectivity index (χ3n) is 3.07. The molecular formula is C13H20O4. The number of esters is 1. The van der Waals surface area contributed by atoms with Gasteiger partial charge in [0.15, 0.2) is 11.2 Å². The number of Topliss-reactive ketones (excluding diaryl/α,β-unsaturated/α-hetero) is 1. The van der Waals surface area contributed by atoms with Crippen molar-refractivity contribution in [3.05, 3.63) is 12.2 Å². The molecule has 0 bridgehead atoms. The average Bonchev–Trinajstić information content (AvgIpc) is 2.32. The number of carbonyl (C=O) groups is 2. The summed E-state index contributed by atoms with van der Waals surface area (Å²) in [6, 6.07) is 0. The molecule has 0 saturated carbocycles. The minimum absolute atomic E-state index is 0.0863. The molecule has 0 aromatic heterocycles. The maximum absolute atomic E-state index is 12.1. The van der Waals surface area contributed by atoms with E-state index in [1.165, 1.54) is 0 Å². The Bertz CT molecular complexity index is 321. The zero-order chi connectivity index (χ0) is 12.9. The van der Waals surface area contributed by atoms with Gasteiger partial charge in [0.25, 0.3) is 0 Å². The van der Waals surface area contributed by atoms with Crippen LogP contribution in [-0.2, 0) is 19.1 Å². The second-order valence-corrected chi connectivity index (χ2v) is 4.31. The topological polar surface area (TPSA) is 52.6 Å². The number of ketones is 1. The fourth-order valence-corrected chi connectivity index (χ4v) is 1.95. The predicted molar refractivity (Wildman–Crippen MR) is 63.6 cm³/mol. The molecule has 0 spiro atoms. The maximum Gasteiger partial charge on any atom is 0.322 e. The van der Waals surface area contributed by atoms with Crippen LogP contribution in [0.2, 0.25) is 0 Å². The van der Waals surface area contributed by atoms with Crippen LogP contribution >= 0.6 is 0 Å². The SMILES string of the molecule is C=C(CC)CC1(C(=O)OCC)COCCC1=O. The van der Waals surface area contributed by atoms with Crippen molar-refractivity contribution in [2.75, 3.05) is 19.8 Å². The summed E-state index contributed by atoms with van der Waals surface area (Å²) in [4.78, 5) is 24.1. The van der Waals surface area contributed by atoms with E-state index in [-0.39, 0.29) is 25.4 Å². The van der Waals surface area contributed by atoms with Gasteiger partial charge < -0.3 is 9.47 Å². The highest BCUT2D eigenvalue weighted by atomic mass is 16.5. The van der Waals surface area contributed by atoms with E-state index >= 15 is 0 Å². The van der Waals surface area contributed by atoms with Gasteiger partial charge >= 0.3 is 5.97 Å². The summed E-state index contributed by atoms with van der Waals surface area (Å²) < 4.78 is 10.3. The Hall–Kier alpha value is -1.16. The molecule has 1 heterocycles. The molecule has 1 saturated heterocycles. The van der Waals surface area contributed by atoms with Crippen molar-refractivity contribution < 1.29 is 19.1 Å². The lowest BCUT2D eigenvalue weighted by molar-refractivity contribution is -0.169. The van der Waals surface area contributed by atoms with Gasteiger partial charge in [-0.1, -0.05) is 19.1 Å². The van der Waals surface area contributed by atoms with Gasteiger partial charge in [0.1, 0.15) is 0 Å². The van der Waals surface area contributed by atoms with E-state index in [1.807, 2.05) is 6.92 Å². The molecule has 4 heteroatoms. The molecule has 0 amide bonds. The van der Waals surface area contributed by atoms with Crippen LogP contribution in [0.15, 0.2) is 12.2 Å². The summed E-state index contributed by atoms with van der Waals surface area (Å²) in [5.41, 5.74) is -0.279. The van der Waals surface area contributed by atoms with Crippen LogP contribution < -0.4 is 0 Å². The summed E-state index contributed by atoms with van der Waals surface area (Å²) in [5, 5.41) is 0. The molecule has 1 aliphatic rings.